The Kier molecular flexibility index (Phi) is 7.53. The average Bonchev–Trinajstić information content (AvgIpc) is 2.79. The molecule has 1 aliphatic heterocycles. The van der Waals surface area contributed by atoms with Gasteiger partial charge in [-0.1, -0.05) is 30.4 Å². The molecule has 1 aromatic carbocycles. The van der Waals surface area contributed by atoms with Crippen LogP contribution in [-0.4, -0.2) is 77.2 Å². The number of rotatable bonds is 6. The number of nitrogens with zero attached hydrogens (tertiary/aromatic N) is 5. The van der Waals surface area contributed by atoms with Crippen LogP contribution in [0.4, 0.5) is 10.7 Å². The molecule has 1 aliphatic rings. The van der Waals surface area contributed by atoms with Crippen LogP contribution in [0.25, 0.3) is 11.1 Å². The summed E-state index contributed by atoms with van der Waals surface area (Å²) in [6.45, 7) is 5.84. The second kappa shape index (κ2) is 10.3. The Hall–Kier alpha value is -2.78. The number of hydrogen-bond acceptors (Lipinski definition) is 7. The number of carbonyl (C=O) groups excluding carboxylic acids is 1. The first kappa shape index (κ1) is 21.9. The van der Waals surface area contributed by atoms with Gasteiger partial charge in [0.25, 0.3) is 0 Å². The minimum absolute atomic E-state index is 0.258. The summed E-state index contributed by atoms with van der Waals surface area (Å²) >= 11 is 5.26. The van der Waals surface area contributed by atoms with Crippen molar-refractivity contribution in [3.05, 3.63) is 42.2 Å². The maximum Gasteiger partial charge on any atom is 0.409 e. The van der Waals surface area contributed by atoms with E-state index < -0.39 is 0 Å². The molecule has 2 N–H and O–H groups in total. The van der Waals surface area contributed by atoms with E-state index in [-0.39, 0.29) is 6.09 Å². The minimum Gasteiger partial charge on any atom is -0.450 e. The van der Waals surface area contributed by atoms with Crippen LogP contribution in [0.5, 0.6) is 0 Å². The van der Waals surface area contributed by atoms with Gasteiger partial charge in [-0.25, -0.2) is 14.8 Å². The fraction of sp³-hybridized carbons (Fsp3) is 0.429. The molecule has 1 amide bonds. The zero-order valence-electron chi connectivity index (χ0n) is 17.5. The number of benzene rings is 1. The second-order valence-corrected chi connectivity index (χ2v) is 7.57. The Balaban J connectivity index is 1.63. The molecule has 0 bridgehead atoms. The van der Waals surface area contributed by atoms with Gasteiger partial charge in [0.15, 0.2) is 0 Å². The molecule has 2 heterocycles. The van der Waals surface area contributed by atoms with Crippen molar-refractivity contribution in [3.63, 3.8) is 0 Å². The highest BCUT2D eigenvalue weighted by atomic mass is 32.1. The van der Waals surface area contributed by atoms with Crippen molar-refractivity contribution in [2.24, 2.45) is 5.73 Å². The SMILES string of the molecule is CCOC(=O)N1CCN(c2ncc(-c3cccc(CN(C)C(=S)CN)c3)cn2)CC1. The second-order valence-electron chi connectivity index (χ2n) is 7.10. The van der Waals surface area contributed by atoms with Gasteiger partial charge in [-0.3, -0.25) is 0 Å². The highest BCUT2D eigenvalue weighted by molar-refractivity contribution is 7.80. The molecular formula is C21H28N6O2S. The van der Waals surface area contributed by atoms with Crippen LogP contribution in [-0.2, 0) is 11.3 Å². The van der Waals surface area contributed by atoms with Gasteiger partial charge in [0.05, 0.1) is 11.6 Å². The van der Waals surface area contributed by atoms with Crippen LogP contribution in [0.2, 0.25) is 0 Å². The van der Waals surface area contributed by atoms with E-state index in [9.17, 15) is 4.79 Å². The van der Waals surface area contributed by atoms with Gasteiger partial charge < -0.3 is 25.2 Å². The van der Waals surface area contributed by atoms with Gasteiger partial charge in [-0.2, -0.15) is 0 Å². The molecule has 0 atom stereocenters. The number of hydrogen-bond donors (Lipinski definition) is 1. The highest BCUT2D eigenvalue weighted by Crippen LogP contribution is 2.21. The van der Waals surface area contributed by atoms with Gasteiger partial charge in [0.1, 0.15) is 0 Å². The van der Waals surface area contributed by atoms with Crippen LogP contribution >= 0.6 is 12.2 Å². The number of anilines is 1. The van der Waals surface area contributed by atoms with Gasteiger partial charge in [0.2, 0.25) is 5.95 Å². The van der Waals surface area contributed by atoms with Crippen molar-refractivity contribution < 1.29 is 9.53 Å². The summed E-state index contributed by atoms with van der Waals surface area (Å²) in [6.07, 6.45) is 3.42. The lowest BCUT2D eigenvalue weighted by atomic mass is 10.1. The monoisotopic (exact) mass is 428 g/mol. The third-order valence-corrected chi connectivity index (χ3v) is 5.49. The topological polar surface area (TPSA) is 87.8 Å². The first-order valence-corrected chi connectivity index (χ1v) is 10.4. The number of nitrogens with two attached hydrogens (primary N) is 1. The first-order valence-electron chi connectivity index (χ1n) is 10.0. The van der Waals surface area contributed by atoms with Crippen molar-refractivity contribution in [1.82, 2.24) is 19.8 Å². The zero-order chi connectivity index (χ0) is 21.5. The Bertz CT molecular complexity index is 868. The lowest BCUT2D eigenvalue weighted by molar-refractivity contribution is 0.105. The molecular weight excluding hydrogens is 400 g/mol. The van der Waals surface area contributed by atoms with Crippen molar-refractivity contribution in [2.45, 2.75) is 13.5 Å². The lowest BCUT2D eigenvalue weighted by Crippen LogP contribution is -2.49. The lowest BCUT2D eigenvalue weighted by Gasteiger charge is -2.33. The smallest absolute Gasteiger partial charge is 0.409 e. The summed E-state index contributed by atoms with van der Waals surface area (Å²) in [5, 5.41) is 0. The van der Waals surface area contributed by atoms with E-state index in [0.717, 1.165) is 21.7 Å². The van der Waals surface area contributed by atoms with Crippen LogP contribution < -0.4 is 10.6 Å². The molecule has 1 fully saturated rings. The summed E-state index contributed by atoms with van der Waals surface area (Å²) in [5.41, 5.74) is 8.78. The molecule has 0 radical (unpaired) electrons. The maximum absolute atomic E-state index is 11.8. The van der Waals surface area contributed by atoms with Gasteiger partial charge in [0, 0.05) is 64.3 Å². The molecule has 160 valence electrons. The predicted octanol–water partition coefficient (Wildman–Crippen LogP) is 2.14. The Morgan fingerprint density at radius 3 is 2.53 bits per heavy atom. The Labute approximate surface area is 182 Å². The predicted molar refractivity (Wildman–Crippen MR) is 121 cm³/mol. The van der Waals surface area contributed by atoms with Crippen LogP contribution in [0.3, 0.4) is 0 Å². The Morgan fingerprint density at radius 2 is 1.90 bits per heavy atom. The van der Waals surface area contributed by atoms with Crippen LogP contribution in [0.1, 0.15) is 12.5 Å². The summed E-state index contributed by atoms with van der Waals surface area (Å²) in [6, 6.07) is 8.25. The molecule has 3 rings (SSSR count). The maximum atomic E-state index is 11.8. The molecule has 1 aromatic heterocycles. The van der Waals surface area contributed by atoms with E-state index in [1.54, 1.807) is 4.90 Å². The van der Waals surface area contributed by atoms with E-state index in [4.69, 9.17) is 22.7 Å². The van der Waals surface area contributed by atoms with Gasteiger partial charge in [-0.05, 0) is 24.1 Å². The molecule has 0 saturated carbocycles. The molecule has 0 aliphatic carbocycles. The average molecular weight is 429 g/mol. The van der Waals surface area contributed by atoms with Crippen LogP contribution in [0, 0.1) is 0 Å². The standard InChI is InChI=1S/C21H28N6O2S/c1-3-29-21(28)27-9-7-26(8-10-27)20-23-13-18(14-24-20)17-6-4-5-16(11-17)15-25(2)19(30)12-22/h4-6,11,13-14H,3,7-10,12,15,22H2,1-2H3. The summed E-state index contributed by atoms with van der Waals surface area (Å²) in [7, 11) is 1.95. The van der Waals surface area contributed by atoms with E-state index in [2.05, 4.69) is 27.0 Å². The number of ether oxygens (including phenoxy) is 1. The summed E-state index contributed by atoms with van der Waals surface area (Å²) in [5.74, 6) is 0.673. The molecule has 30 heavy (non-hydrogen) atoms. The van der Waals surface area contributed by atoms with Crippen molar-refractivity contribution in [3.8, 4) is 11.1 Å². The number of carbonyl (C=O) groups is 1. The van der Waals surface area contributed by atoms with E-state index in [1.165, 1.54) is 0 Å². The van der Waals surface area contributed by atoms with Gasteiger partial charge >= 0.3 is 6.09 Å². The number of thiocarbonyl (C=S) groups is 1. The van der Waals surface area contributed by atoms with Crippen LogP contribution in [0.15, 0.2) is 36.7 Å². The number of likely N-dealkylation sites (N-methyl/N-ethyl adjacent to an activating group) is 1. The van der Waals surface area contributed by atoms with E-state index >= 15 is 0 Å². The largest absolute Gasteiger partial charge is 0.450 e. The summed E-state index contributed by atoms with van der Waals surface area (Å²) in [4.78, 5) is 27.4. The molecule has 0 spiro atoms. The van der Waals surface area contributed by atoms with Crippen molar-refractivity contribution in [1.29, 1.82) is 0 Å². The zero-order valence-corrected chi connectivity index (χ0v) is 18.3. The molecule has 1 saturated heterocycles. The normalized spacial score (nSPS) is 13.8. The molecule has 2 aromatic rings. The summed E-state index contributed by atoms with van der Waals surface area (Å²) < 4.78 is 5.06. The highest BCUT2D eigenvalue weighted by Gasteiger charge is 2.23. The van der Waals surface area contributed by atoms with E-state index in [0.29, 0.717) is 51.8 Å². The molecule has 8 nitrogen and oxygen atoms in total. The number of aromatic nitrogens is 2. The molecule has 0 unspecified atom stereocenters. The number of amides is 1. The number of piperazine rings is 1. The Morgan fingerprint density at radius 1 is 1.20 bits per heavy atom. The molecule has 9 heteroatoms. The van der Waals surface area contributed by atoms with Gasteiger partial charge in [-0.15, -0.1) is 0 Å². The quantitative estimate of drug-likeness (QED) is 0.700. The fourth-order valence-electron chi connectivity index (χ4n) is 3.30. The van der Waals surface area contributed by atoms with Crippen molar-refractivity contribution in [2.75, 3.05) is 51.3 Å². The van der Waals surface area contributed by atoms with Crippen molar-refractivity contribution >= 4 is 29.2 Å². The third-order valence-electron chi connectivity index (χ3n) is 5.01. The minimum atomic E-state index is -0.258. The third kappa shape index (κ3) is 5.43. The fourth-order valence-corrected chi connectivity index (χ4v) is 3.37. The van der Waals surface area contributed by atoms with E-state index in [1.807, 2.05) is 43.4 Å². The first-order chi connectivity index (χ1) is 14.5.